The van der Waals surface area contributed by atoms with E-state index in [1.165, 1.54) is 34.6 Å². The first-order valence-electron chi connectivity index (χ1n) is 8.29. The number of nitrogens with one attached hydrogen (secondary N) is 2. The Hall–Kier alpha value is -1.40. The summed E-state index contributed by atoms with van der Waals surface area (Å²) in [5.41, 5.74) is 1.29. The van der Waals surface area contributed by atoms with Crippen molar-refractivity contribution < 1.29 is 14.7 Å². The van der Waals surface area contributed by atoms with E-state index in [2.05, 4.69) is 10.6 Å². The van der Waals surface area contributed by atoms with Gasteiger partial charge in [-0.25, -0.2) is 0 Å². The molecule has 1 unspecified atom stereocenters. The van der Waals surface area contributed by atoms with Crippen molar-refractivity contribution in [1.82, 2.24) is 10.6 Å². The number of carbonyl (C=O) groups is 2. The lowest BCUT2D eigenvalue weighted by molar-refractivity contribution is -0.121. The van der Waals surface area contributed by atoms with Gasteiger partial charge in [0.2, 0.25) is 5.91 Å². The molecule has 0 saturated heterocycles. The average Bonchev–Trinajstić information content (AvgIpc) is 2.95. The number of hydrogen-bond acceptors (Lipinski definition) is 4. The number of carbonyl (C=O) groups excluding carboxylic acids is 2. The molecule has 0 aromatic carbocycles. The first kappa shape index (κ1) is 17.9. The summed E-state index contributed by atoms with van der Waals surface area (Å²) in [5, 5.41) is 14.7. The molecule has 1 atom stereocenters. The summed E-state index contributed by atoms with van der Waals surface area (Å²) in [6.07, 6.45) is 5.20. The molecule has 2 rings (SSSR count). The number of aliphatic hydroxyl groups is 1. The Morgan fingerprint density at radius 2 is 2.04 bits per heavy atom. The quantitative estimate of drug-likeness (QED) is 0.710. The van der Waals surface area contributed by atoms with Crippen molar-refractivity contribution in [3.05, 3.63) is 21.4 Å². The van der Waals surface area contributed by atoms with Crippen LogP contribution in [0.1, 0.15) is 53.2 Å². The molecule has 6 heteroatoms. The molecule has 1 aliphatic carbocycles. The Labute approximate surface area is 141 Å². The van der Waals surface area contributed by atoms with Gasteiger partial charge in [0, 0.05) is 4.88 Å². The van der Waals surface area contributed by atoms with E-state index in [1.807, 2.05) is 19.9 Å². The van der Waals surface area contributed by atoms with Crippen LogP contribution in [0.15, 0.2) is 6.07 Å². The van der Waals surface area contributed by atoms with Crippen molar-refractivity contribution in [3.8, 4) is 0 Å². The molecule has 0 saturated carbocycles. The third-order valence-corrected chi connectivity index (χ3v) is 5.21. The number of rotatable bonds is 7. The summed E-state index contributed by atoms with van der Waals surface area (Å²) >= 11 is 1.54. The van der Waals surface area contributed by atoms with E-state index < -0.39 is 0 Å². The molecule has 1 aromatic rings. The lowest BCUT2D eigenvalue weighted by Crippen LogP contribution is -2.44. The van der Waals surface area contributed by atoms with Gasteiger partial charge >= 0.3 is 0 Å². The SMILES string of the molecule is CC(C)CC(CO)NC(=O)CNC(=O)c1cc2c(s1)CCCC2. The van der Waals surface area contributed by atoms with Gasteiger partial charge in [0.15, 0.2) is 0 Å². The maximum Gasteiger partial charge on any atom is 0.261 e. The molecule has 1 aliphatic rings. The number of fused-ring (bicyclic) bond motifs is 1. The fraction of sp³-hybridized carbons (Fsp3) is 0.647. The number of amides is 2. The summed E-state index contributed by atoms with van der Waals surface area (Å²) in [4.78, 5) is 26.1. The van der Waals surface area contributed by atoms with Crippen LogP contribution >= 0.6 is 11.3 Å². The van der Waals surface area contributed by atoms with Gasteiger partial charge in [0.25, 0.3) is 5.91 Å². The monoisotopic (exact) mass is 338 g/mol. The van der Waals surface area contributed by atoms with E-state index in [9.17, 15) is 14.7 Å². The molecule has 1 heterocycles. The van der Waals surface area contributed by atoms with Crippen LogP contribution in [0.4, 0.5) is 0 Å². The zero-order valence-electron chi connectivity index (χ0n) is 13.9. The molecular formula is C17H26N2O3S. The van der Waals surface area contributed by atoms with Crippen molar-refractivity contribution in [1.29, 1.82) is 0 Å². The van der Waals surface area contributed by atoms with Crippen molar-refractivity contribution in [2.24, 2.45) is 5.92 Å². The van der Waals surface area contributed by atoms with Gasteiger partial charge in [0.1, 0.15) is 0 Å². The van der Waals surface area contributed by atoms with Crippen LogP contribution in [0, 0.1) is 5.92 Å². The zero-order chi connectivity index (χ0) is 16.8. The normalized spacial score (nSPS) is 15.1. The first-order valence-corrected chi connectivity index (χ1v) is 9.11. The van der Waals surface area contributed by atoms with Crippen LogP contribution in [-0.4, -0.2) is 36.1 Å². The predicted molar refractivity (Wildman–Crippen MR) is 91.8 cm³/mol. The lowest BCUT2D eigenvalue weighted by atomic mass is 9.99. The molecule has 0 spiro atoms. The highest BCUT2D eigenvalue weighted by atomic mass is 32.1. The smallest absolute Gasteiger partial charge is 0.261 e. The predicted octanol–water partition coefficient (Wildman–Crippen LogP) is 1.88. The first-order chi connectivity index (χ1) is 11.0. The highest BCUT2D eigenvalue weighted by molar-refractivity contribution is 7.14. The zero-order valence-corrected chi connectivity index (χ0v) is 14.7. The van der Waals surface area contributed by atoms with Crippen molar-refractivity contribution in [2.45, 2.75) is 52.0 Å². The lowest BCUT2D eigenvalue weighted by Gasteiger charge is -2.18. The Bertz CT molecular complexity index is 531. The summed E-state index contributed by atoms with van der Waals surface area (Å²) in [6.45, 7) is 3.93. The molecule has 0 bridgehead atoms. The highest BCUT2D eigenvalue weighted by Crippen LogP contribution is 2.29. The second-order valence-corrected chi connectivity index (χ2v) is 7.66. The third kappa shape index (κ3) is 5.32. The molecular weight excluding hydrogens is 312 g/mol. The van der Waals surface area contributed by atoms with E-state index in [4.69, 9.17) is 0 Å². The molecule has 5 nitrogen and oxygen atoms in total. The van der Waals surface area contributed by atoms with Gasteiger partial charge in [-0.3, -0.25) is 9.59 Å². The van der Waals surface area contributed by atoms with Crippen LogP contribution in [0.2, 0.25) is 0 Å². The van der Waals surface area contributed by atoms with Crippen molar-refractivity contribution in [2.75, 3.05) is 13.2 Å². The van der Waals surface area contributed by atoms with Crippen LogP contribution in [0.25, 0.3) is 0 Å². The van der Waals surface area contributed by atoms with E-state index in [0.717, 1.165) is 12.8 Å². The molecule has 0 fully saturated rings. The standard InChI is InChI=1S/C17H26N2O3S/c1-11(2)7-13(10-20)19-16(21)9-18-17(22)15-8-12-5-3-4-6-14(12)23-15/h8,11,13,20H,3-7,9-10H2,1-2H3,(H,18,22)(H,19,21). The Kier molecular flexibility index (Phi) is 6.59. The third-order valence-electron chi connectivity index (χ3n) is 3.97. The molecule has 0 aliphatic heterocycles. The molecule has 0 radical (unpaired) electrons. The van der Waals surface area contributed by atoms with Gasteiger partial charge in [-0.1, -0.05) is 13.8 Å². The number of aryl methyl sites for hydroxylation is 2. The van der Waals surface area contributed by atoms with Crippen LogP contribution in [-0.2, 0) is 17.6 Å². The molecule has 23 heavy (non-hydrogen) atoms. The fourth-order valence-corrected chi connectivity index (χ4v) is 4.05. The van der Waals surface area contributed by atoms with Gasteiger partial charge in [-0.05, 0) is 49.7 Å². The minimum absolute atomic E-state index is 0.0595. The maximum atomic E-state index is 12.2. The summed E-state index contributed by atoms with van der Waals surface area (Å²) in [7, 11) is 0. The maximum absolute atomic E-state index is 12.2. The van der Waals surface area contributed by atoms with Gasteiger partial charge in [0.05, 0.1) is 24.1 Å². The summed E-state index contributed by atoms with van der Waals surface area (Å²) in [5.74, 6) is -0.0668. The van der Waals surface area contributed by atoms with E-state index in [-0.39, 0.29) is 31.0 Å². The molecule has 128 valence electrons. The summed E-state index contributed by atoms with van der Waals surface area (Å²) in [6, 6.07) is 1.70. The number of hydrogen-bond donors (Lipinski definition) is 3. The Balaban J connectivity index is 1.81. The van der Waals surface area contributed by atoms with Crippen LogP contribution < -0.4 is 10.6 Å². The average molecular weight is 338 g/mol. The topological polar surface area (TPSA) is 78.4 Å². The molecule has 2 amide bonds. The van der Waals surface area contributed by atoms with Gasteiger partial charge in [-0.2, -0.15) is 0 Å². The molecule has 3 N–H and O–H groups in total. The Morgan fingerprint density at radius 3 is 2.70 bits per heavy atom. The highest BCUT2D eigenvalue weighted by Gasteiger charge is 2.18. The van der Waals surface area contributed by atoms with Crippen molar-refractivity contribution >= 4 is 23.2 Å². The second-order valence-electron chi connectivity index (χ2n) is 6.53. The number of thiophene rings is 1. The van der Waals surface area contributed by atoms with Crippen LogP contribution in [0.3, 0.4) is 0 Å². The molecule has 1 aromatic heterocycles. The largest absolute Gasteiger partial charge is 0.394 e. The Morgan fingerprint density at radius 1 is 1.30 bits per heavy atom. The fourth-order valence-electron chi connectivity index (χ4n) is 2.88. The van der Waals surface area contributed by atoms with Gasteiger partial charge < -0.3 is 15.7 Å². The minimum atomic E-state index is -0.264. The van der Waals surface area contributed by atoms with E-state index in [0.29, 0.717) is 17.2 Å². The second kappa shape index (κ2) is 8.45. The summed E-state index contributed by atoms with van der Waals surface area (Å²) < 4.78 is 0. The van der Waals surface area contributed by atoms with Crippen molar-refractivity contribution in [3.63, 3.8) is 0 Å². The van der Waals surface area contributed by atoms with E-state index >= 15 is 0 Å². The number of aliphatic hydroxyl groups excluding tert-OH is 1. The van der Waals surface area contributed by atoms with Gasteiger partial charge in [-0.15, -0.1) is 11.3 Å². The van der Waals surface area contributed by atoms with E-state index in [1.54, 1.807) is 0 Å². The minimum Gasteiger partial charge on any atom is -0.394 e. The van der Waals surface area contributed by atoms with Crippen LogP contribution in [0.5, 0.6) is 0 Å².